The van der Waals surface area contributed by atoms with Gasteiger partial charge in [0.2, 0.25) is 0 Å². The molecule has 3 atom stereocenters. The van der Waals surface area contributed by atoms with Crippen molar-refractivity contribution in [2.75, 3.05) is 0 Å². The van der Waals surface area contributed by atoms with Gasteiger partial charge in [0.25, 0.3) is 0 Å². The van der Waals surface area contributed by atoms with Crippen LogP contribution in [0.2, 0.25) is 0 Å². The molecule has 62 valence electrons. The Morgan fingerprint density at radius 2 is 2.18 bits per heavy atom. The SMILES string of the molecule is CC1C(=O)CC2(C(C)C)CC12. The van der Waals surface area contributed by atoms with Gasteiger partial charge in [-0.05, 0) is 23.7 Å². The van der Waals surface area contributed by atoms with Crippen LogP contribution in [0.4, 0.5) is 0 Å². The van der Waals surface area contributed by atoms with E-state index in [2.05, 4.69) is 20.8 Å². The van der Waals surface area contributed by atoms with Crippen LogP contribution >= 0.6 is 0 Å². The van der Waals surface area contributed by atoms with Crippen molar-refractivity contribution in [3.8, 4) is 0 Å². The van der Waals surface area contributed by atoms with E-state index in [1.165, 1.54) is 6.42 Å². The zero-order chi connectivity index (χ0) is 8.22. The van der Waals surface area contributed by atoms with Crippen LogP contribution < -0.4 is 0 Å². The highest BCUT2D eigenvalue weighted by Crippen LogP contribution is 2.68. The van der Waals surface area contributed by atoms with E-state index in [1.54, 1.807) is 0 Å². The standard InChI is InChI=1S/C10H16O/c1-6(2)10-4-8(10)7(3)9(11)5-10/h6-8H,4-5H2,1-3H3. The van der Waals surface area contributed by atoms with Gasteiger partial charge < -0.3 is 0 Å². The van der Waals surface area contributed by atoms with Crippen LogP contribution in [-0.2, 0) is 4.79 Å². The third kappa shape index (κ3) is 0.743. The second-order valence-electron chi connectivity index (χ2n) is 4.63. The van der Waals surface area contributed by atoms with Gasteiger partial charge in [0.05, 0.1) is 0 Å². The van der Waals surface area contributed by atoms with Crippen LogP contribution in [0, 0.1) is 23.2 Å². The molecule has 2 aliphatic carbocycles. The Kier molecular flexibility index (Phi) is 1.25. The smallest absolute Gasteiger partial charge is 0.136 e. The van der Waals surface area contributed by atoms with Crippen molar-refractivity contribution in [1.29, 1.82) is 0 Å². The van der Waals surface area contributed by atoms with Crippen molar-refractivity contribution in [2.45, 2.75) is 33.6 Å². The highest BCUT2D eigenvalue weighted by molar-refractivity contribution is 5.86. The number of hydrogen-bond donors (Lipinski definition) is 0. The van der Waals surface area contributed by atoms with E-state index < -0.39 is 0 Å². The van der Waals surface area contributed by atoms with E-state index in [0.717, 1.165) is 12.3 Å². The number of carbonyl (C=O) groups excluding carboxylic acids is 1. The van der Waals surface area contributed by atoms with Gasteiger partial charge in [-0.2, -0.15) is 0 Å². The molecule has 2 saturated carbocycles. The maximum atomic E-state index is 11.3. The number of fused-ring (bicyclic) bond motifs is 1. The number of rotatable bonds is 1. The lowest BCUT2D eigenvalue weighted by Gasteiger charge is -2.14. The van der Waals surface area contributed by atoms with E-state index in [4.69, 9.17) is 0 Å². The predicted octanol–water partition coefficient (Wildman–Crippen LogP) is 2.26. The van der Waals surface area contributed by atoms with Crippen molar-refractivity contribution >= 4 is 5.78 Å². The summed E-state index contributed by atoms with van der Waals surface area (Å²) in [7, 11) is 0. The fourth-order valence-corrected chi connectivity index (χ4v) is 2.81. The molecule has 0 N–H and O–H groups in total. The van der Waals surface area contributed by atoms with Crippen molar-refractivity contribution < 1.29 is 4.79 Å². The molecular formula is C10H16O. The van der Waals surface area contributed by atoms with E-state index in [-0.39, 0.29) is 0 Å². The molecule has 0 saturated heterocycles. The molecule has 0 spiro atoms. The van der Waals surface area contributed by atoms with E-state index in [9.17, 15) is 4.79 Å². The second kappa shape index (κ2) is 1.88. The lowest BCUT2D eigenvalue weighted by Crippen LogP contribution is -2.10. The van der Waals surface area contributed by atoms with Crippen molar-refractivity contribution in [1.82, 2.24) is 0 Å². The zero-order valence-electron chi connectivity index (χ0n) is 7.55. The Labute approximate surface area is 68.2 Å². The highest BCUT2D eigenvalue weighted by Gasteiger charge is 2.64. The van der Waals surface area contributed by atoms with Crippen LogP contribution in [0.3, 0.4) is 0 Å². The van der Waals surface area contributed by atoms with Crippen molar-refractivity contribution in [3.05, 3.63) is 0 Å². The van der Waals surface area contributed by atoms with Crippen LogP contribution in [0.1, 0.15) is 33.6 Å². The first-order valence-electron chi connectivity index (χ1n) is 4.60. The number of Topliss-reactive ketones (excluding diaryl/α,β-unsaturated/α-hetero) is 1. The quantitative estimate of drug-likeness (QED) is 0.563. The maximum Gasteiger partial charge on any atom is 0.136 e. The third-order valence-electron chi connectivity index (χ3n) is 3.94. The Morgan fingerprint density at radius 3 is 2.45 bits per heavy atom. The molecule has 0 aliphatic heterocycles. The molecule has 0 amide bonds. The number of carbonyl (C=O) groups is 1. The number of ketones is 1. The molecule has 1 heteroatoms. The Balaban J connectivity index is 2.20. The maximum absolute atomic E-state index is 11.3. The molecule has 0 aromatic rings. The van der Waals surface area contributed by atoms with Gasteiger partial charge in [0, 0.05) is 12.3 Å². The Bertz CT molecular complexity index is 207. The molecule has 0 aromatic heterocycles. The summed E-state index contributed by atoms with van der Waals surface area (Å²) in [4.78, 5) is 11.3. The lowest BCUT2D eigenvalue weighted by molar-refractivity contribution is -0.121. The minimum Gasteiger partial charge on any atom is -0.299 e. The first kappa shape index (κ1) is 7.33. The van der Waals surface area contributed by atoms with Crippen LogP contribution in [0.15, 0.2) is 0 Å². The van der Waals surface area contributed by atoms with Crippen LogP contribution in [0.5, 0.6) is 0 Å². The summed E-state index contributed by atoms with van der Waals surface area (Å²) in [6, 6.07) is 0. The van der Waals surface area contributed by atoms with Gasteiger partial charge >= 0.3 is 0 Å². The van der Waals surface area contributed by atoms with Gasteiger partial charge in [-0.15, -0.1) is 0 Å². The monoisotopic (exact) mass is 152 g/mol. The molecule has 3 unspecified atom stereocenters. The summed E-state index contributed by atoms with van der Waals surface area (Å²) in [6.07, 6.45) is 2.19. The van der Waals surface area contributed by atoms with Gasteiger partial charge in [-0.1, -0.05) is 20.8 Å². The average Bonchev–Trinajstić information content (AvgIpc) is 2.57. The normalized spacial score (nSPS) is 48.2. The topological polar surface area (TPSA) is 17.1 Å². The van der Waals surface area contributed by atoms with Gasteiger partial charge in [0.15, 0.2) is 0 Å². The van der Waals surface area contributed by atoms with Crippen LogP contribution in [-0.4, -0.2) is 5.78 Å². The van der Waals surface area contributed by atoms with Gasteiger partial charge in [-0.3, -0.25) is 4.79 Å². The molecule has 2 aliphatic rings. The first-order valence-corrected chi connectivity index (χ1v) is 4.60. The fourth-order valence-electron chi connectivity index (χ4n) is 2.81. The van der Waals surface area contributed by atoms with E-state index in [0.29, 0.717) is 23.0 Å². The second-order valence-corrected chi connectivity index (χ2v) is 4.63. The average molecular weight is 152 g/mol. The van der Waals surface area contributed by atoms with E-state index >= 15 is 0 Å². The Hall–Kier alpha value is -0.330. The first-order chi connectivity index (χ1) is 5.08. The minimum atomic E-state index is 0.373. The Morgan fingerprint density at radius 1 is 1.55 bits per heavy atom. The molecule has 0 aromatic carbocycles. The molecule has 2 rings (SSSR count). The summed E-state index contributed by atoms with van der Waals surface area (Å²) in [5, 5.41) is 0. The predicted molar refractivity (Wildman–Crippen MR) is 44.2 cm³/mol. The minimum absolute atomic E-state index is 0.373. The molecule has 0 radical (unpaired) electrons. The molecule has 1 nitrogen and oxygen atoms in total. The van der Waals surface area contributed by atoms with Gasteiger partial charge in [0.1, 0.15) is 5.78 Å². The molecule has 11 heavy (non-hydrogen) atoms. The summed E-state index contributed by atoms with van der Waals surface area (Å²) in [6.45, 7) is 6.61. The van der Waals surface area contributed by atoms with Crippen molar-refractivity contribution in [2.24, 2.45) is 23.2 Å². The molecule has 0 heterocycles. The van der Waals surface area contributed by atoms with Gasteiger partial charge in [-0.25, -0.2) is 0 Å². The molecule has 0 bridgehead atoms. The summed E-state index contributed by atoms with van der Waals surface area (Å²) in [5.41, 5.74) is 0.455. The highest BCUT2D eigenvalue weighted by atomic mass is 16.1. The van der Waals surface area contributed by atoms with E-state index in [1.807, 2.05) is 0 Å². The van der Waals surface area contributed by atoms with Crippen molar-refractivity contribution in [3.63, 3.8) is 0 Å². The molecule has 2 fully saturated rings. The molecular weight excluding hydrogens is 136 g/mol. The summed E-state index contributed by atoms with van der Waals surface area (Å²) < 4.78 is 0. The lowest BCUT2D eigenvalue weighted by atomic mass is 9.90. The zero-order valence-corrected chi connectivity index (χ0v) is 7.55. The largest absolute Gasteiger partial charge is 0.299 e. The third-order valence-corrected chi connectivity index (χ3v) is 3.94. The van der Waals surface area contributed by atoms with Crippen LogP contribution in [0.25, 0.3) is 0 Å². The number of hydrogen-bond acceptors (Lipinski definition) is 1. The summed E-state index contributed by atoms with van der Waals surface area (Å²) in [5.74, 6) is 2.34. The fraction of sp³-hybridized carbons (Fsp3) is 0.900. The summed E-state index contributed by atoms with van der Waals surface area (Å²) >= 11 is 0.